The molecule has 1 saturated heterocycles. The van der Waals surface area contributed by atoms with Gasteiger partial charge in [0, 0.05) is 35.8 Å². The van der Waals surface area contributed by atoms with Gasteiger partial charge in [0.05, 0.1) is 5.69 Å². The summed E-state index contributed by atoms with van der Waals surface area (Å²) in [6, 6.07) is 15.9. The van der Waals surface area contributed by atoms with Crippen LogP contribution in [-0.4, -0.2) is 33.6 Å². The summed E-state index contributed by atoms with van der Waals surface area (Å²) >= 11 is 0. The van der Waals surface area contributed by atoms with E-state index in [4.69, 9.17) is 0 Å². The molecule has 144 valence electrons. The summed E-state index contributed by atoms with van der Waals surface area (Å²) in [7, 11) is 0. The molecule has 1 aliphatic rings. The summed E-state index contributed by atoms with van der Waals surface area (Å²) in [5, 5.41) is 0. The minimum atomic E-state index is -0.136. The molecule has 1 aliphatic heterocycles. The SMILES string of the molecule is Cc1c(CN2CCCCC2)cc(-c2ccccc2)n1NC(=O)c1ccncc1. The summed E-state index contributed by atoms with van der Waals surface area (Å²) in [5.41, 5.74) is 8.11. The zero-order valence-electron chi connectivity index (χ0n) is 16.3. The van der Waals surface area contributed by atoms with Crippen LogP contribution in [0.25, 0.3) is 11.3 Å². The maximum absolute atomic E-state index is 12.8. The van der Waals surface area contributed by atoms with Crippen LogP contribution in [0.15, 0.2) is 60.9 Å². The third kappa shape index (κ3) is 3.99. The van der Waals surface area contributed by atoms with Crippen molar-refractivity contribution >= 4 is 5.91 Å². The highest BCUT2D eigenvalue weighted by atomic mass is 16.2. The van der Waals surface area contributed by atoms with E-state index in [1.165, 1.54) is 24.8 Å². The lowest BCUT2D eigenvalue weighted by Crippen LogP contribution is -2.29. The fourth-order valence-electron chi connectivity index (χ4n) is 3.81. The van der Waals surface area contributed by atoms with Crippen molar-refractivity contribution in [1.82, 2.24) is 14.6 Å². The molecule has 28 heavy (non-hydrogen) atoms. The number of amides is 1. The third-order valence-electron chi connectivity index (χ3n) is 5.42. The smallest absolute Gasteiger partial charge is 0.270 e. The summed E-state index contributed by atoms with van der Waals surface area (Å²) in [5.74, 6) is -0.136. The molecule has 0 unspecified atom stereocenters. The van der Waals surface area contributed by atoms with Gasteiger partial charge in [0.2, 0.25) is 0 Å². The van der Waals surface area contributed by atoms with E-state index in [0.29, 0.717) is 5.56 Å². The number of hydrogen-bond acceptors (Lipinski definition) is 3. The van der Waals surface area contributed by atoms with E-state index < -0.39 is 0 Å². The number of nitrogens with zero attached hydrogens (tertiary/aromatic N) is 3. The van der Waals surface area contributed by atoms with Gasteiger partial charge in [-0.1, -0.05) is 36.8 Å². The van der Waals surface area contributed by atoms with Gasteiger partial charge in [0.15, 0.2) is 0 Å². The van der Waals surface area contributed by atoms with Gasteiger partial charge >= 0.3 is 0 Å². The van der Waals surface area contributed by atoms with E-state index in [2.05, 4.69) is 40.4 Å². The quantitative estimate of drug-likeness (QED) is 0.727. The zero-order chi connectivity index (χ0) is 19.3. The Balaban J connectivity index is 1.67. The maximum Gasteiger partial charge on any atom is 0.270 e. The van der Waals surface area contributed by atoms with Crippen LogP contribution < -0.4 is 5.43 Å². The molecule has 2 aromatic heterocycles. The van der Waals surface area contributed by atoms with Gasteiger partial charge in [-0.2, -0.15) is 0 Å². The topological polar surface area (TPSA) is 50.2 Å². The van der Waals surface area contributed by atoms with Crippen molar-refractivity contribution < 1.29 is 4.79 Å². The van der Waals surface area contributed by atoms with Crippen molar-refractivity contribution in [2.24, 2.45) is 0 Å². The number of piperidine rings is 1. The second-order valence-electron chi connectivity index (χ2n) is 7.36. The van der Waals surface area contributed by atoms with E-state index in [9.17, 15) is 4.79 Å². The summed E-state index contributed by atoms with van der Waals surface area (Å²) in [6.45, 7) is 5.30. The first-order valence-electron chi connectivity index (χ1n) is 9.93. The van der Waals surface area contributed by atoms with E-state index >= 15 is 0 Å². The first-order chi connectivity index (χ1) is 13.7. The van der Waals surface area contributed by atoms with Crippen molar-refractivity contribution in [1.29, 1.82) is 0 Å². The molecule has 1 aromatic carbocycles. The maximum atomic E-state index is 12.8. The van der Waals surface area contributed by atoms with Gasteiger partial charge in [0.25, 0.3) is 5.91 Å². The second kappa shape index (κ2) is 8.40. The predicted molar refractivity (Wildman–Crippen MR) is 112 cm³/mol. The van der Waals surface area contributed by atoms with Crippen molar-refractivity contribution in [3.63, 3.8) is 0 Å². The van der Waals surface area contributed by atoms with Crippen LogP contribution in [0.4, 0.5) is 0 Å². The molecule has 1 N–H and O–H groups in total. The number of rotatable bonds is 5. The molecule has 0 spiro atoms. The van der Waals surface area contributed by atoms with Crippen LogP contribution in [-0.2, 0) is 6.54 Å². The lowest BCUT2D eigenvalue weighted by molar-refractivity contribution is 0.101. The first kappa shape index (κ1) is 18.4. The van der Waals surface area contributed by atoms with Crippen LogP contribution in [0.2, 0.25) is 0 Å². The molecule has 3 aromatic rings. The lowest BCUT2D eigenvalue weighted by atomic mass is 10.1. The highest BCUT2D eigenvalue weighted by molar-refractivity contribution is 6.00. The van der Waals surface area contributed by atoms with E-state index in [0.717, 1.165) is 36.6 Å². The Kier molecular flexibility index (Phi) is 5.53. The Bertz CT molecular complexity index is 928. The average Bonchev–Trinajstić information content (AvgIpc) is 3.05. The highest BCUT2D eigenvalue weighted by Gasteiger charge is 2.19. The number of benzene rings is 1. The van der Waals surface area contributed by atoms with Crippen molar-refractivity contribution in [3.8, 4) is 11.3 Å². The Hall–Kier alpha value is -2.92. The normalized spacial score (nSPS) is 14.8. The lowest BCUT2D eigenvalue weighted by Gasteiger charge is -2.26. The molecule has 3 heterocycles. The monoisotopic (exact) mass is 374 g/mol. The number of hydrogen-bond donors (Lipinski definition) is 1. The Morgan fingerprint density at radius 3 is 2.46 bits per heavy atom. The van der Waals surface area contributed by atoms with Gasteiger partial charge in [-0.25, -0.2) is 0 Å². The van der Waals surface area contributed by atoms with E-state index in [1.54, 1.807) is 24.5 Å². The molecule has 1 amide bonds. The van der Waals surface area contributed by atoms with Crippen molar-refractivity contribution in [2.45, 2.75) is 32.7 Å². The van der Waals surface area contributed by atoms with E-state index in [-0.39, 0.29) is 5.91 Å². The molecule has 0 radical (unpaired) electrons. The molecule has 0 aliphatic carbocycles. The minimum absolute atomic E-state index is 0.136. The fraction of sp³-hybridized carbons (Fsp3) is 0.304. The standard InChI is InChI=1S/C23H26N4O/c1-18-21(17-26-14-6-3-7-15-26)16-22(19-8-4-2-5-9-19)27(18)25-23(28)20-10-12-24-13-11-20/h2,4-5,8-13,16H,3,6-7,14-15,17H2,1H3,(H,25,28). The molecular weight excluding hydrogens is 348 g/mol. The largest absolute Gasteiger partial charge is 0.299 e. The summed E-state index contributed by atoms with van der Waals surface area (Å²) < 4.78 is 1.93. The molecule has 1 fully saturated rings. The Morgan fingerprint density at radius 2 is 1.75 bits per heavy atom. The molecule has 4 rings (SSSR count). The Labute approximate surface area is 166 Å². The molecule has 0 atom stereocenters. The average molecular weight is 374 g/mol. The molecule has 0 saturated carbocycles. The van der Waals surface area contributed by atoms with Gasteiger partial charge in [-0.15, -0.1) is 0 Å². The predicted octanol–water partition coefficient (Wildman–Crippen LogP) is 4.23. The molecule has 5 nitrogen and oxygen atoms in total. The van der Waals surface area contributed by atoms with Gasteiger partial charge < -0.3 is 0 Å². The zero-order valence-corrected chi connectivity index (χ0v) is 16.3. The van der Waals surface area contributed by atoms with Crippen LogP contribution in [0.1, 0.15) is 40.9 Å². The third-order valence-corrected chi connectivity index (χ3v) is 5.42. The number of carbonyl (C=O) groups excluding carboxylic acids is 1. The van der Waals surface area contributed by atoms with Gasteiger partial charge in [-0.05, 0) is 56.6 Å². The van der Waals surface area contributed by atoms with Crippen LogP contribution in [0.5, 0.6) is 0 Å². The fourth-order valence-corrected chi connectivity index (χ4v) is 3.81. The van der Waals surface area contributed by atoms with Crippen LogP contribution in [0, 0.1) is 6.92 Å². The highest BCUT2D eigenvalue weighted by Crippen LogP contribution is 2.26. The van der Waals surface area contributed by atoms with Crippen molar-refractivity contribution in [3.05, 3.63) is 77.7 Å². The minimum Gasteiger partial charge on any atom is -0.299 e. The van der Waals surface area contributed by atoms with Crippen molar-refractivity contribution in [2.75, 3.05) is 18.5 Å². The molecule has 5 heteroatoms. The van der Waals surface area contributed by atoms with E-state index in [1.807, 2.05) is 22.9 Å². The number of carbonyl (C=O) groups is 1. The van der Waals surface area contributed by atoms with Crippen LogP contribution in [0.3, 0.4) is 0 Å². The van der Waals surface area contributed by atoms with Gasteiger partial charge in [-0.3, -0.25) is 24.8 Å². The Morgan fingerprint density at radius 1 is 1.04 bits per heavy atom. The number of nitrogens with one attached hydrogen (secondary N) is 1. The first-order valence-corrected chi connectivity index (χ1v) is 9.93. The summed E-state index contributed by atoms with van der Waals surface area (Å²) in [6.07, 6.45) is 7.14. The molecule has 0 bridgehead atoms. The number of aromatic nitrogens is 2. The van der Waals surface area contributed by atoms with Gasteiger partial charge in [0.1, 0.15) is 0 Å². The molecular formula is C23H26N4O. The summed E-state index contributed by atoms with van der Waals surface area (Å²) in [4.78, 5) is 19.3. The van der Waals surface area contributed by atoms with Crippen LogP contribution >= 0.6 is 0 Å². The second-order valence-corrected chi connectivity index (χ2v) is 7.36. The number of pyridine rings is 1. The number of likely N-dealkylation sites (tertiary alicyclic amines) is 1.